The fourth-order valence-corrected chi connectivity index (χ4v) is 2.74. The summed E-state index contributed by atoms with van der Waals surface area (Å²) in [5.41, 5.74) is 2.83. The van der Waals surface area contributed by atoms with Crippen LogP contribution in [-0.4, -0.2) is 12.6 Å². The van der Waals surface area contributed by atoms with Crippen molar-refractivity contribution in [2.45, 2.75) is 64.5 Å². The van der Waals surface area contributed by atoms with Crippen molar-refractivity contribution in [3.63, 3.8) is 0 Å². The number of nitrogens with one attached hydrogen (secondary N) is 1. The number of ether oxygens (including phenoxy) is 1. The Kier molecular flexibility index (Phi) is 3.65. The molecule has 0 fully saturated rings. The molecule has 106 valence electrons. The summed E-state index contributed by atoms with van der Waals surface area (Å²) >= 11 is 0. The molecule has 1 aliphatic rings. The predicted molar refractivity (Wildman–Crippen MR) is 80.9 cm³/mol. The van der Waals surface area contributed by atoms with Crippen molar-refractivity contribution in [3.05, 3.63) is 29.3 Å². The highest BCUT2D eigenvalue weighted by atomic mass is 16.5. The average molecular weight is 261 g/mol. The Balaban J connectivity index is 2.45. The minimum absolute atomic E-state index is 0.0948. The number of rotatable bonds is 3. The van der Waals surface area contributed by atoms with Crippen LogP contribution < -0.4 is 10.1 Å². The Morgan fingerprint density at radius 2 is 2.05 bits per heavy atom. The fourth-order valence-electron chi connectivity index (χ4n) is 2.74. The first kappa shape index (κ1) is 14.4. The lowest BCUT2D eigenvalue weighted by Crippen LogP contribution is -2.38. The maximum absolute atomic E-state index is 6.11. The molecule has 0 aromatic heterocycles. The first-order valence-corrected chi connectivity index (χ1v) is 7.30. The second-order valence-corrected chi connectivity index (χ2v) is 6.90. The van der Waals surface area contributed by atoms with E-state index < -0.39 is 0 Å². The van der Waals surface area contributed by atoms with Crippen LogP contribution in [0.1, 0.15) is 64.6 Å². The molecule has 19 heavy (non-hydrogen) atoms. The topological polar surface area (TPSA) is 21.3 Å². The Hall–Kier alpha value is -1.02. The van der Waals surface area contributed by atoms with E-state index in [1.807, 2.05) is 7.05 Å². The van der Waals surface area contributed by atoms with Gasteiger partial charge in [-0.2, -0.15) is 0 Å². The molecule has 0 saturated heterocycles. The molecule has 0 bridgehead atoms. The van der Waals surface area contributed by atoms with Crippen LogP contribution in [-0.2, 0) is 5.41 Å². The van der Waals surface area contributed by atoms with Crippen LogP contribution in [0.2, 0.25) is 0 Å². The number of fused-ring (bicyclic) bond motifs is 1. The second kappa shape index (κ2) is 4.82. The van der Waals surface area contributed by atoms with Gasteiger partial charge in [0.25, 0.3) is 0 Å². The van der Waals surface area contributed by atoms with Crippen molar-refractivity contribution in [3.8, 4) is 5.75 Å². The van der Waals surface area contributed by atoms with Crippen LogP contribution in [0, 0.1) is 0 Å². The fraction of sp³-hybridized carbons (Fsp3) is 0.647. The summed E-state index contributed by atoms with van der Waals surface area (Å²) in [5.74, 6) is 1.03. The zero-order valence-corrected chi connectivity index (χ0v) is 13.1. The van der Waals surface area contributed by atoms with Gasteiger partial charge in [-0.25, -0.2) is 0 Å². The van der Waals surface area contributed by atoms with E-state index in [0.29, 0.717) is 6.04 Å². The van der Waals surface area contributed by atoms with Crippen molar-refractivity contribution >= 4 is 0 Å². The molecule has 1 unspecified atom stereocenters. The van der Waals surface area contributed by atoms with E-state index in [1.165, 1.54) is 11.1 Å². The van der Waals surface area contributed by atoms with Crippen molar-refractivity contribution in [2.24, 2.45) is 0 Å². The first-order valence-electron chi connectivity index (χ1n) is 7.30. The van der Waals surface area contributed by atoms with Gasteiger partial charge >= 0.3 is 0 Å². The van der Waals surface area contributed by atoms with Gasteiger partial charge in [0.15, 0.2) is 0 Å². The number of benzene rings is 1. The number of hydrogen-bond acceptors (Lipinski definition) is 2. The van der Waals surface area contributed by atoms with Crippen molar-refractivity contribution in [2.75, 3.05) is 7.05 Å². The van der Waals surface area contributed by atoms with E-state index in [9.17, 15) is 0 Å². The van der Waals surface area contributed by atoms with Crippen LogP contribution in [0.5, 0.6) is 5.75 Å². The van der Waals surface area contributed by atoms with Gasteiger partial charge in [0.1, 0.15) is 11.4 Å². The molecule has 1 aromatic rings. The van der Waals surface area contributed by atoms with Gasteiger partial charge in [0.05, 0.1) is 0 Å². The van der Waals surface area contributed by atoms with Gasteiger partial charge in [-0.1, -0.05) is 26.8 Å². The lowest BCUT2D eigenvalue weighted by molar-refractivity contribution is 0.0674. The predicted octanol–water partition coefficient (Wildman–Crippen LogP) is 4.20. The van der Waals surface area contributed by atoms with E-state index in [0.717, 1.165) is 18.6 Å². The quantitative estimate of drug-likeness (QED) is 0.880. The van der Waals surface area contributed by atoms with Gasteiger partial charge in [0.2, 0.25) is 0 Å². The molecule has 2 rings (SSSR count). The van der Waals surface area contributed by atoms with Crippen LogP contribution >= 0.6 is 0 Å². The van der Waals surface area contributed by atoms with Crippen LogP contribution in [0.15, 0.2) is 18.2 Å². The molecule has 1 aromatic carbocycles. The summed E-state index contributed by atoms with van der Waals surface area (Å²) in [6, 6.07) is 7.07. The summed E-state index contributed by atoms with van der Waals surface area (Å²) in [6.45, 7) is 11.2. The molecule has 2 heteroatoms. The molecule has 1 atom stereocenters. The van der Waals surface area contributed by atoms with Crippen molar-refractivity contribution in [1.82, 2.24) is 5.32 Å². The standard InChI is InChI=1S/C17H27NO/c1-7-16(2,3)12-8-9-15-13(10-12)14(18-6)11-17(4,5)19-15/h8-10,14,18H,7,11H2,1-6H3. The Labute approximate surface area is 117 Å². The van der Waals surface area contributed by atoms with Gasteiger partial charge < -0.3 is 10.1 Å². The third-order valence-electron chi connectivity index (χ3n) is 4.48. The average Bonchev–Trinajstić information content (AvgIpc) is 2.36. The lowest BCUT2D eigenvalue weighted by atomic mass is 9.79. The smallest absolute Gasteiger partial charge is 0.124 e. The molecule has 0 radical (unpaired) electrons. The molecule has 1 heterocycles. The number of hydrogen-bond donors (Lipinski definition) is 1. The van der Waals surface area contributed by atoms with Gasteiger partial charge in [0, 0.05) is 18.0 Å². The molecule has 0 aliphatic carbocycles. The third-order valence-corrected chi connectivity index (χ3v) is 4.48. The summed E-state index contributed by atoms with van der Waals surface area (Å²) in [6.07, 6.45) is 2.15. The molecule has 2 nitrogen and oxygen atoms in total. The summed E-state index contributed by atoms with van der Waals surface area (Å²) in [4.78, 5) is 0. The summed E-state index contributed by atoms with van der Waals surface area (Å²) in [7, 11) is 2.04. The Morgan fingerprint density at radius 3 is 2.63 bits per heavy atom. The summed E-state index contributed by atoms with van der Waals surface area (Å²) < 4.78 is 6.11. The third kappa shape index (κ3) is 2.79. The van der Waals surface area contributed by atoms with E-state index >= 15 is 0 Å². The minimum atomic E-state index is -0.0948. The van der Waals surface area contributed by atoms with Gasteiger partial charge in [-0.3, -0.25) is 0 Å². The highest BCUT2D eigenvalue weighted by Gasteiger charge is 2.33. The monoisotopic (exact) mass is 261 g/mol. The normalized spacial score (nSPS) is 21.7. The molecule has 1 aliphatic heterocycles. The van der Waals surface area contributed by atoms with Crippen molar-refractivity contribution < 1.29 is 4.74 Å². The molecule has 0 spiro atoms. The summed E-state index contributed by atoms with van der Waals surface area (Å²) in [5, 5.41) is 3.43. The zero-order valence-electron chi connectivity index (χ0n) is 13.1. The maximum Gasteiger partial charge on any atom is 0.124 e. The Morgan fingerprint density at radius 1 is 1.37 bits per heavy atom. The van der Waals surface area contributed by atoms with Crippen LogP contribution in [0.4, 0.5) is 0 Å². The minimum Gasteiger partial charge on any atom is -0.487 e. The highest BCUT2D eigenvalue weighted by Crippen LogP contribution is 2.41. The molecule has 0 saturated carbocycles. The van der Waals surface area contributed by atoms with Crippen LogP contribution in [0.25, 0.3) is 0 Å². The molecule has 1 N–H and O–H groups in total. The molecular weight excluding hydrogens is 234 g/mol. The largest absolute Gasteiger partial charge is 0.487 e. The van der Waals surface area contributed by atoms with E-state index in [1.54, 1.807) is 0 Å². The first-order chi connectivity index (χ1) is 8.79. The van der Waals surface area contributed by atoms with E-state index in [-0.39, 0.29) is 11.0 Å². The molecule has 0 amide bonds. The SMILES string of the molecule is CCC(C)(C)c1ccc2c(c1)C(NC)CC(C)(C)O2. The lowest BCUT2D eigenvalue weighted by Gasteiger charge is -2.38. The zero-order chi connectivity index (χ0) is 14.3. The maximum atomic E-state index is 6.11. The highest BCUT2D eigenvalue weighted by molar-refractivity contribution is 5.43. The Bertz CT molecular complexity index is 462. The van der Waals surface area contributed by atoms with E-state index in [2.05, 4.69) is 58.1 Å². The molecular formula is C17H27NO. The van der Waals surface area contributed by atoms with E-state index in [4.69, 9.17) is 4.74 Å². The van der Waals surface area contributed by atoms with Gasteiger partial charge in [-0.15, -0.1) is 0 Å². The van der Waals surface area contributed by atoms with Crippen LogP contribution in [0.3, 0.4) is 0 Å². The van der Waals surface area contributed by atoms with Crippen molar-refractivity contribution in [1.29, 1.82) is 0 Å². The second-order valence-electron chi connectivity index (χ2n) is 6.90. The van der Waals surface area contributed by atoms with Gasteiger partial charge in [-0.05, 0) is 50.4 Å².